The molecule has 2 amide bonds. The van der Waals surface area contributed by atoms with E-state index in [-0.39, 0.29) is 17.1 Å². The van der Waals surface area contributed by atoms with Gasteiger partial charge in [0.15, 0.2) is 0 Å². The first kappa shape index (κ1) is 19.3. The lowest BCUT2D eigenvalue weighted by molar-refractivity contribution is -0.117. The smallest absolute Gasteiger partial charge is 0.283 e. The van der Waals surface area contributed by atoms with Crippen molar-refractivity contribution in [2.45, 2.75) is 18.2 Å². The fourth-order valence-electron chi connectivity index (χ4n) is 2.87. The zero-order valence-corrected chi connectivity index (χ0v) is 16.1. The third-order valence-electron chi connectivity index (χ3n) is 4.22. The second kappa shape index (κ2) is 9.48. The number of rotatable bonds is 7. The molecule has 6 heteroatoms. The molecular formula is C21H23N3O2S. The van der Waals surface area contributed by atoms with Gasteiger partial charge in [-0.25, -0.2) is 4.99 Å². The highest BCUT2D eigenvalue weighted by Gasteiger charge is 2.26. The highest BCUT2D eigenvalue weighted by Crippen LogP contribution is 2.31. The molecule has 140 valence electrons. The van der Waals surface area contributed by atoms with Crippen LogP contribution in [0.3, 0.4) is 0 Å². The number of allylic oxidation sites excluding steroid dienone is 3. The van der Waals surface area contributed by atoms with Crippen molar-refractivity contribution in [2.24, 2.45) is 4.99 Å². The Labute approximate surface area is 163 Å². The Kier molecular flexibility index (Phi) is 6.79. The van der Waals surface area contributed by atoms with E-state index in [1.807, 2.05) is 42.5 Å². The summed E-state index contributed by atoms with van der Waals surface area (Å²) in [5.74, 6) is -0.588. The van der Waals surface area contributed by atoms with E-state index in [4.69, 9.17) is 0 Å². The minimum Gasteiger partial charge on any atom is -0.352 e. The molecule has 0 spiro atoms. The zero-order chi connectivity index (χ0) is 19.1. The molecule has 0 bridgehead atoms. The minimum absolute atomic E-state index is 0.0124. The number of thioether (sulfide) groups is 1. The number of carbonyl (C=O) groups excluding carboxylic acids is 2. The Balaban J connectivity index is 1.41. The molecule has 0 radical (unpaired) electrons. The number of aliphatic imine (C=N–C) groups is 1. The summed E-state index contributed by atoms with van der Waals surface area (Å²) in [5, 5.41) is 2.87. The molecule has 1 unspecified atom stereocenters. The summed E-state index contributed by atoms with van der Waals surface area (Å²) >= 11 is 1.37. The maximum absolute atomic E-state index is 12.1. The highest BCUT2D eigenvalue weighted by molar-refractivity contribution is 8.05. The predicted octanol–water partition coefficient (Wildman–Crippen LogP) is 2.72. The van der Waals surface area contributed by atoms with E-state index in [0.29, 0.717) is 11.4 Å². The molecule has 1 atom stereocenters. The average molecular weight is 382 g/mol. The van der Waals surface area contributed by atoms with Gasteiger partial charge in [-0.05, 0) is 31.7 Å². The van der Waals surface area contributed by atoms with Gasteiger partial charge < -0.3 is 10.2 Å². The lowest BCUT2D eigenvalue weighted by Gasteiger charge is -2.20. The summed E-state index contributed by atoms with van der Waals surface area (Å²) < 4.78 is 0. The number of fused-ring (bicyclic) bond motifs is 1. The Morgan fingerprint density at radius 3 is 2.93 bits per heavy atom. The monoisotopic (exact) mass is 381 g/mol. The lowest BCUT2D eigenvalue weighted by atomic mass is 10.1. The molecule has 1 heterocycles. The van der Waals surface area contributed by atoms with Crippen LogP contribution >= 0.6 is 11.8 Å². The lowest BCUT2D eigenvalue weighted by Crippen LogP contribution is -2.28. The van der Waals surface area contributed by atoms with Crippen LogP contribution in [-0.2, 0) is 16.1 Å². The molecule has 1 N–H and O–H groups in total. The summed E-state index contributed by atoms with van der Waals surface area (Å²) in [4.78, 5) is 30.8. The van der Waals surface area contributed by atoms with E-state index in [2.05, 4.69) is 34.4 Å². The maximum atomic E-state index is 12.1. The zero-order valence-electron chi connectivity index (χ0n) is 15.3. The van der Waals surface area contributed by atoms with E-state index in [1.54, 1.807) is 0 Å². The van der Waals surface area contributed by atoms with Gasteiger partial charge in [0.05, 0.1) is 15.9 Å². The van der Waals surface area contributed by atoms with Gasteiger partial charge in [0.1, 0.15) is 0 Å². The number of hydrogen-bond acceptors (Lipinski definition) is 4. The van der Waals surface area contributed by atoms with E-state index in [0.717, 1.165) is 25.2 Å². The molecule has 0 saturated carbocycles. The van der Waals surface area contributed by atoms with Crippen molar-refractivity contribution in [3.63, 3.8) is 0 Å². The molecule has 3 rings (SSSR count). The second-order valence-electron chi connectivity index (χ2n) is 6.50. The van der Waals surface area contributed by atoms with Gasteiger partial charge in [0, 0.05) is 19.2 Å². The number of benzene rings is 1. The highest BCUT2D eigenvalue weighted by atomic mass is 32.2. The van der Waals surface area contributed by atoms with Crippen LogP contribution in [0.5, 0.6) is 0 Å². The van der Waals surface area contributed by atoms with Gasteiger partial charge in [-0.1, -0.05) is 48.6 Å². The molecule has 27 heavy (non-hydrogen) atoms. The largest absolute Gasteiger partial charge is 0.352 e. The molecule has 1 aliphatic carbocycles. The first-order valence-corrected chi connectivity index (χ1v) is 9.86. The van der Waals surface area contributed by atoms with E-state index in [1.165, 1.54) is 23.4 Å². The van der Waals surface area contributed by atoms with Crippen LogP contribution in [-0.4, -0.2) is 47.8 Å². The van der Waals surface area contributed by atoms with Crippen molar-refractivity contribution in [1.29, 1.82) is 0 Å². The van der Waals surface area contributed by atoms with Crippen molar-refractivity contribution >= 4 is 29.3 Å². The van der Waals surface area contributed by atoms with Crippen LogP contribution in [0, 0.1) is 0 Å². The number of amides is 2. The van der Waals surface area contributed by atoms with Gasteiger partial charge in [-0.15, -0.1) is 11.8 Å². The fraction of sp³-hybridized carbons (Fsp3) is 0.286. The van der Waals surface area contributed by atoms with Crippen LogP contribution in [0.15, 0.2) is 70.6 Å². The molecular weight excluding hydrogens is 358 g/mol. The average Bonchev–Trinajstić information content (AvgIpc) is 2.67. The van der Waals surface area contributed by atoms with Gasteiger partial charge in [-0.2, -0.15) is 0 Å². The number of nitrogens with zero attached hydrogens (tertiary/aromatic N) is 2. The molecule has 5 nitrogen and oxygen atoms in total. The van der Waals surface area contributed by atoms with Crippen molar-refractivity contribution in [1.82, 2.24) is 10.2 Å². The van der Waals surface area contributed by atoms with Gasteiger partial charge in [0.2, 0.25) is 5.91 Å². The third-order valence-corrected chi connectivity index (χ3v) is 5.42. The minimum atomic E-state index is -0.344. The Bertz CT molecular complexity index is 812. The van der Waals surface area contributed by atoms with Crippen LogP contribution in [0.1, 0.15) is 12.0 Å². The van der Waals surface area contributed by atoms with Crippen LogP contribution in [0.4, 0.5) is 0 Å². The van der Waals surface area contributed by atoms with Gasteiger partial charge >= 0.3 is 0 Å². The fourth-order valence-corrected chi connectivity index (χ4v) is 3.89. The molecule has 2 aliphatic rings. The molecule has 1 aliphatic heterocycles. The Morgan fingerprint density at radius 2 is 2.11 bits per heavy atom. The summed E-state index contributed by atoms with van der Waals surface area (Å²) in [6.07, 6.45) is 9.81. The number of hydrogen-bond donors (Lipinski definition) is 1. The number of nitrogens with one attached hydrogen (secondary N) is 1. The Morgan fingerprint density at radius 1 is 1.30 bits per heavy atom. The standard InChI is InChI=1S/C21H23N3O2S/c1-24(15-16-8-3-2-4-9-16)13-7-12-22-20(25)14-19-21(26)23-17-10-5-6-11-18(17)27-19/h2-6,8-11,14,18H,7,12-13,15H2,1H3,(H,22,25)/b19-14-. The molecule has 0 fully saturated rings. The topological polar surface area (TPSA) is 61.8 Å². The van der Waals surface area contributed by atoms with Crippen LogP contribution in [0.25, 0.3) is 0 Å². The van der Waals surface area contributed by atoms with Crippen LogP contribution in [0.2, 0.25) is 0 Å². The molecule has 0 saturated heterocycles. The quantitative estimate of drug-likeness (QED) is 0.583. The SMILES string of the molecule is CN(CCCNC(=O)/C=C1\SC2C=CC=CC2=NC1=O)Cc1ccccc1. The van der Waals surface area contributed by atoms with Gasteiger partial charge in [0.25, 0.3) is 5.91 Å². The first-order chi connectivity index (χ1) is 13.1. The van der Waals surface area contributed by atoms with E-state index in [9.17, 15) is 9.59 Å². The summed E-state index contributed by atoms with van der Waals surface area (Å²) in [5.41, 5.74) is 2.01. The van der Waals surface area contributed by atoms with Crippen molar-refractivity contribution in [3.05, 3.63) is 71.2 Å². The van der Waals surface area contributed by atoms with E-state index >= 15 is 0 Å². The van der Waals surface area contributed by atoms with Crippen molar-refractivity contribution < 1.29 is 9.59 Å². The molecule has 1 aromatic carbocycles. The van der Waals surface area contributed by atoms with Gasteiger partial charge in [-0.3, -0.25) is 9.59 Å². The summed E-state index contributed by atoms with van der Waals surface area (Å²) in [6, 6.07) is 10.3. The summed E-state index contributed by atoms with van der Waals surface area (Å²) in [7, 11) is 2.07. The normalized spacial score (nSPS) is 19.9. The molecule has 1 aromatic rings. The third kappa shape index (κ3) is 5.77. The van der Waals surface area contributed by atoms with E-state index < -0.39 is 0 Å². The van der Waals surface area contributed by atoms with Crippen LogP contribution < -0.4 is 5.32 Å². The second-order valence-corrected chi connectivity index (χ2v) is 7.68. The van der Waals surface area contributed by atoms with Crippen molar-refractivity contribution in [3.8, 4) is 0 Å². The molecule has 0 aromatic heterocycles. The number of carbonyl (C=O) groups is 2. The first-order valence-electron chi connectivity index (χ1n) is 8.98. The maximum Gasteiger partial charge on any atom is 0.283 e. The summed E-state index contributed by atoms with van der Waals surface area (Å²) in [6.45, 7) is 2.33. The predicted molar refractivity (Wildman–Crippen MR) is 111 cm³/mol. The Hall–Kier alpha value is -2.44. The van der Waals surface area contributed by atoms with Crippen molar-refractivity contribution in [2.75, 3.05) is 20.1 Å².